The van der Waals surface area contributed by atoms with Crippen LogP contribution in [0, 0.1) is 0 Å². The van der Waals surface area contributed by atoms with Gasteiger partial charge in [-0.3, -0.25) is 33.2 Å². The lowest BCUT2D eigenvalue weighted by Crippen LogP contribution is -2.42. The molecule has 13 heteroatoms. The van der Waals surface area contributed by atoms with Crippen molar-refractivity contribution in [3.63, 3.8) is 0 Å². The molecular formula is C21H20N4O7S2. The Morgan fingerprint density at radius 3 is 2.38 bits per heavy atom. The van der Waals surface area contributed by atoms with Crippen LogP contribution in [0.3, 0.4) is 0 Å². The summed E-state index contributed by atoms with van der Waals surface area (Å²) in [6, 6.07) is 7.01. The summed E-state index contributed by atoms with van der Waals surface area (Å²) in [6.07, 6.45) is 1.63. The molecule has 1 saturated heterocycles. The van der Waals surface area contributed by atoms with E-state index in [1.54, 1.807) is 37.5 Å². The van der Waals surface area contributed by atoms with Gasteiger partial charge in [-0.25, -0.2) is 4.79 Å². The second-order valence-electron chi connectivity index (χ2n) is 7.09. The lowest BCUT2D eigenvalue weighted by atomic mass is 10.2. The van der Waals surface area contributed by atoms with Gasteiger partial charge in [0.1, 0.15) is 28.0 Å². The van der Waals surface area contributed by atoms with Crippen LogP contribution < -0.4 is 21.7 Å². The molecule has 1 aliphatic rings. The van der Waals surface area contributed by atoms with E-state index in [-0.39, 0.29) is 10.1 Å². The summed E-state index contributed by atoms with van der Waals surface area (Å²) in [5.74, 6) is -1.94. The highest BCUT2D eigenvalue weighted by Gasteiger charge is 2.34. The van der Waals surface area contributed by atoms with Crippen LogP contribution in [0.15, 0.2) is 38.8 Å². The molecule has 0 atom stereocenters. The average molecular weight is 505 g/mol. The number of esters is 1. The number of ketones is 1. The number of nitrogens with zero attached hydrogens (tertiary/aromatic N) is 3. The molecule has 0 saturated carbocycles. The van der Waals surface area contributed by atoms with Gasteiger partial charge in [-0.1, -0.05) is 36.1 Å². The summed E-state index contributed by atoms with van der Waals surface area (Å²) in [5.41, 5.74) is 4.40. The highest BCUT2D eigenvalue weighted by Crippen LogP contribution is 2.32. The molecule has 0 aliphatic carbocycles. The largest absolute Gasteiger partial charge is 0.497 e. The van der Waals surface area contributed by atoms with Gasteiger partial charge in [0, 0.05) is 14.1 Å². The summed E-state index contributed by atoms with van der Waals surface area (Å²) < 4.78 is 11.9. The minimum absolute atomic E-state index is 0.157. The zero-order chi connectivity index (χ0) is 25.2. The number of hydrogen-bond acceptors (Lipinski definition) is 10. The number of amides is 1. The van der Waals surface area contributed by atoms with Gasteiger partial charge >= 0.3 is 11.7 Å². The van der Waals surface area contributed by atoms with Crippen LogP contribution >= 0.6 is 24.0 Å². The quantitative estimate of drug-likeness (QED) is 0.242. The number of nitrogen functional groups attached to an aromatic ring is 1. The van der Waals surface area contributed by atoms with Crippen molar-refractivity contribution in [2.24, 2.45) is 14.1 Å². The third-order valence-electron chi connectivity index (χ3n) is 4.93. The van der Waals surface area contributed by atoms with Gasteiger partial charge in [-0.05, 0) is 23.8 Å². The lowest BCUT2D eigenvalue weighted by Gasteiger charge is -2.14. The molecule has 11 nitrogen and oxygen atoms in total. The van der Waals surface area contributed by atoms with Gasteiger partial charge in [-0.15, -0.1) is 0 Å². The van der Waals surface area contributed by atoms with E-state index in [1.165, 1.54) is 14.1 Å². The first-order valence-electron chi connectivity index (χ1n) is 9.68. The van der Waals surface area contributed by atoms with E-state index in [1.807, 2.05) is 0 Å². The van der Waals surface area contributed by atoms with Gasteiger partial charge in [0.2, 0.25) is 5.78 Å². The number of carbonyl (C=O) groups excluding carboxylic acids is 3. The molecule has 34 heavy (non-hydrogen) atoms. The monoisotopic (exact) mass is 504 g/mol. The van der Waals surface area contributed by atoms with Gasteiger partial charge in [0.15, 0.2) is 6.61 Å². The second-order valence-corrected chi connectivity index (χ2v) is 8.77. The highest BCUT2D eigenvalue weighted by atomic mass is 32.2. The van der Waals surface area contributed by atoms with Gasteiger partial charge in [0.25, 0.3) is 11.5 Å². The zero-order valence-corrected chi connectivity index (χ0v) is 20.0. The molecule has 1 fully saturated rings. The maximum Gasteiger partial charge on any atom is 0.332 e. The number of anilines is 1. The highest BCUT2D eigenvalue weighted by molar-refractivity contribution is 8.26. The van der Waals surface area contributed by atoms with E-state index >= 15 is 0 Å². The van der Waals surface area contributed by atoms with Crippen LogP contribution in [0.4, 0.5) is 5.82 Å². The Morgan fingerprint density at radius 1 is 1.12 bits per heavy atom. The number of benzene rings is 1. The fourth-order valence-electron chi connectivity index (χ4n) is 3.00. The lowest BCUT2D eigenvalue weighted by molar-refractivity contribution is -0.145. The number of methoxy groups -OCH3 is 1. The number of nitrogens with two attached hydrogens (primary N) is 1. The Hall–Kier alpha value is -3.71. The molecule has 1 aliphatic heterocycles. The molecule has 0 radical (unpaired) electrons. The van der Waals surface area contributed by atoms with Crippen molar-refractivity contribution in [3.8, 4) is 5.75 Å². The third kappa shape index (κ3) is 4.94. The zero-order valence-electron chi connectivity index (χ0n) is 18.4. The number of ether oxygens (including phenoxy) is 2. The maximum atomic E-state index is 12.7. The average Bonchev–Trinajstić information content (AvgIpc) is 3.08. The Bertz CT molecular complexity index is 1340. The normalized spacial score (nSPS) is 14.6. The van der Waals surface area contributed by atoms with Crippen LogP contribution in [0.2, 0.25) is 0 Å². The Labute approximate surface area is 202 Å². The van der Waals surface area contributed by atoms with Crippen molar-refractivity contribution >= 4 is 57.9 Å². The number of hydrogen-bond donors (Lipinski definition) is 1. The summed E-state index contributed by atoms with van der Waals surface area (Å²) in [6.45, 7) is -1.31. The Morgan fingerprint density at radius 2 is 1.76 bits per heavy atom. The number of rotatable bonds is 7. The van der Waals surface area contributed by atoms with Crippen LogP contribution in [0.25, 0.3) is 6.08 Å². The third-order valence-corrected chi connectivity index (χ3v) is 6.31. The molecule has 1 amide bonds. The molecule has 178 valence electrons. The second kappa shape index (κ2) is 10.1. The number of carbonyl (C=O) groups is 3. The molecule has 0 unspecified atom stereocenters. The summed E-state index contributed by atoms with van der Waals surface area (Å²) in [4.78, 5) is 62.9. The van der Waals surface area contributed by atoms with Crippen LogP contribution in [-0.2, 0) is 28.4 Å². The molecule has 0 spiro atoms. The van der Waals surface area contributed by atoms with Crippen LogP contribution in [0.5, 0.6) is 5.75 Å². The van der Waals surface area contributed by atoms with E-state index in [9.17, 15) is 24.0 Å². The predicted octanol–water partition coefficient (Wildman–Crippen LogP) is 0.302. The number of thiocarbonyl (C=S) groups is 1. The van der Waals surface area contributed by atoms with Gasteiger partial charge < -0.3 is 15.2 Å². The van der Waals surface area contributed by atoms with E-state index in [2.05, 4.69) is 0 Å². The first-order valence-corrected chi connectivity index (χ1v) is 10.9. The molecule has 1 aromatic carbocycles. The smallest absolute Gasteiger partial charge is 0.332 e. The maximum absolute atomic E-state index is 12.7. The van der Waals surface area contributed by atoms with E-state index < -0.39 is 47.6 Å². The first-order chi connectivity index (χ1) is 16.0. The minimum atomic E-state index is -0.907. The van der Waals surface area contributed by atoms with Crippen molar-refractivity contribution in [1.82, 2.24) is 14.0 Å². The van der Waals surface area contributed by atoms with Crippen LogP contribution in [-0.4, -0.2) is 56.3 Å². The number of aromatic nitrogens is 2. The number of Topliss-reactive ketones (excluding diaryl/α,β-unsaturated/α-hetero) is 1. The molecule has 2 N–H and O–H groups in total. The van der Waals surface area contributed by atoms with Crippen molar-refractivity contribution in [2.75, 3.05) is 26.0 Å². The van der Waals surface area contributed by atoms with E-state index in [0.29, 0.717) is 10.7 Å². The molecule has 1 aromatic heterocycles. The van der Waals surface area contributed by atoms with Crippen molar-refractivity contribution < 1.29 is 23.9 Å². The molecular weight excluding hydrogens is 484 g/mol. The van der Waals surface area contributed by atoms with Gasteiger partial charge in [-0.2, -0.15) is 0 Å². The summed E-state index contributed by atoms with van der Waals surface area (Å²) in [7, 11) is 4.04. The summed E-state index contributed by atoms with van der Waals surface area (Å²) in [5, 5.41) is 0. The molecule has 2 aromatic rings. The predicted molar refractivity (Wildman–Crippen MR) is 129 cm³/mol. The molecule has 3 rings (SSSR count). The standard InChI is InChI=1S/C21H20N4O7S2/c1-23-17(22)16(19(29)24(2)20(23)30)13(26)10-32-15(27)9-25-18(28)14(34-21(25)33)8-11-4-6-12(31-3)7-5-11/h4-8H,9-10,22H2,1-3H3. The number of thioether (sulfide) groups is 1. The Balaban J connectivity index is 1.66. The minimum Gasteiger partial charge on any atom is -0.497 e. The van der Waals surface area contributed by atoms with E-state index in [4.69, 9.17) is 27.4 Å². The van der Waals surface area contributed by atoms with Crippen molar-refractivity contribution in [3.05, 3.63) is 61.1 Å². The van der Waals surface area contributed by atoms with Gasteiger partial charge in [0.05, 0.1) is 12.0 Å². The molecule has 2 heterocycles. The SMILES string of the molecule is COc1ccc(C=C2SC(=S)N(CC(=O)OCC(=O)c3c(N)n(C)c(=O)n(C)c3=O)C2=O)cc1. The topological polar surface area (TPSA) is 143 Å². The van der Waals surface area contributed by atoms with E-state index in [0.717, 1.165) is 31.4 Å². The fourth-order valence-corrected chi connectivity index (χ4v) is 4.26. The molecule has 0 bridgehead atoms. The Kier molecular flexibility index (Phi) is 7.37. The summed E-state index contributed by atoms with van der Waals surface area (Å²) >= 11 is 6.22. The van der Waals surface area contributed by atoms with Crippen molar-refractivity contribution in [2.45, 2.75) is 0 Å². The van der Waals surface area contributed by atoms with Crippen LogP contribution in [0.1, 0.15) is 15.9 Å². The fraction of sp³-hybridized carbons (Fsp3) is 0.238. The van der Waals surface area contributed by atoms with Crippen molar-refractivity contribution in [1.29, 1.82) is 0 Å². The first kappa shape index (κ1) is 24.9.